The molecule has 0 aliphatic heterocycles. The third-order valence-corrected chi connectivity index (χ3v) is 3.23. The number of anilines is 2. The van der Waals surface area contributed by atoms with Crippen molar-refractivity contribution in [3.8, 4) is 0 Å². The molecule has 0 spiro atoms. The van der Waals surface area contributed by atoms with Crippen LogP contribution in [0.3, 0.4) is 0 Å². The van der Waals surface area contributed by atoms with Gasteiger partial charge >= 0.3 is 0 Å². The quantitative estimate of drug-likeness (QED) is 0.603. The number of rotatable bonds is 4. The van der Waals surface area contributed by atoms with Gasteiger partial charge in [0, 0.05) is 23.0 Å². The Hall–Kier alpha value is -1.51. The SMILES string of the molecule is CCC1CC1Nc1ccc(N)c(C(C)=O)c1. The van der Waals surface area contributed by atoms with E-state index in [1.165, 1.54) is 12.8 Å². The predicted octanol–water partition coefficient (Wildman–Crippen LogP) is 2.68. The summed E-state index contributed by atoms with van der Waals surface area (Å²) in [5, 5.41) is 3.43. The lowest BCUT2D eigenvalue weighted by Gasteiger charge is -2.08. The Kier molecular flexibility index (Phi) is 2.86. The molecule has 1 aliphatic carbocycles. The molecule has 0 heterocycles. The van der Waals surface area contributed by atoms with Crippen LogP contribution < -0.4 is 11.1 Å². The largest absolute Gasteiger partial charge is 0.398 e. The molecular formula is C13H18N2O. The summed E-state index contributed by atoms with van der Waals surface area (Å²) in [6.07, 6.45) is 2.45. The summed E-state index contributed by atoms with van der Waals surface area (Å²) in [6, 6.07) is 6.16. The van der Waals surface area contributed by atoms with E-state index in [0.717, 1.165) is 11.6 Å². The van der Waals surface area contributed by atoms with Crippen LogP contribution >= 0.6 is 0 Å². The maximum Gasteiger partial charge on any atom is 0.161 e. The van der Waals surface area contributed by atoms with Crippen molar-refractivity contribution in [1.29, 1.82) is 0 Å². The molecule has 16 heavy (non-hydrogen) atoms. The maximum absolute atomic E-state index is 11.3. The third kappa shape index (κ3) is 2.18. The topological polar surface area (TPSA) is 55.1 Å². The van der Waals surface area contributed by atoms with E-state index in [1.807, 2.05) is 12.1 Å². The Balaban J connectivity index is 2.11. The highest BCUT2D eigenvalue weighted by atomic mass is 16.1. The fourth-order valence-corrected chi connectivity index (χ4v) is 2.04. The Morgan fingerprint density at radius 3 is 2.88 bits per heavy atom. The Labute approximate surface area is 96.0 Å². The van der Waals surface area contributed by atoms with Crippen LogP contribution in [0, 0.1) is 5.92 Å². The van der Waals surface area contributed by atoms with Gasteiger partial charge in [-0.05, 0) is 37.5 Å². The zero-order valence-electron chi connectivity index (χ0n) is 9.79. The summed E-state index contributed by atoms with van der Waals surface area (Å²) < 4.78 is 0. The lowest BCUT2D eigenvalue weighted by Crippen LogP contribution is -2.06. The highest BCUT2D eigenvalue weighted by Crippen LogP contribution is 2.36. The average molecular weight is 218 g/mol. The Morgan fingerprint density at radius 1 is 1.56 bits per heavy atom. The monoisotopic (exact) mass is 218 g/mol. The molecule has 1 aliphatic rings. The zero-order valence-corrected chi connectivity index (χ0v) is 9.79. The van der Waals surface area contributed by atoms with E-state index in [2.05, 4.69) is 12.2 Å². The second kappa shape index (κ2) is 4.16. The van der Waals surface area contributed by atoms with Crippen LogP contribution in [0.2, 0.25) is 0 Å². The normalized spacial score (nSPS) is 22.9. The number of hydrogen-bond donors (Lipinski definition) is 2. The first kappa shape index (κ1) is 11.0. The van der Waals surface area contributed by atoms with E-state index in [-0.39, 0.29) is 5.78 Å². The Morgan fingerprint density at radius 2 is 2.31 bits per heavy atom. The van der Waals surface area contributed by atoms with Crippen LogP contribution in [0.15, 0.2) is 18.2 Å². The highest BCUT2D eigenvalue weighted by Gasteiger charge is 2.35. The van der Waals surface area contributed by atoms with Crippen LogP contribution in [0.4, 0.5) is 11.4 Å². The molecule has 2 rings (SSSR count). The van der Waals surface area contributed by atoms with Gasteiger partial charge in [0.2, 0.25) is 0 Å². The zero-order chi connectivity index (χ0) is 11.7. The molecule has 0 bridgehead atoms. The van der Waals surface area contributed by atoms with Gasteiger partial charge in [-0.15, -0.1) is 0 Å². The molecule has 2 unspecified atom stereocenters. The van der Waals surface area contributed by atoms with Gasteiger partial charge in [-0.1, -0.05) is 13.3 Å². The molecule has 3 heteroatoms. The first-order valence-corrected chi connectivity index (χ1v) is 5.78. The van der Waals surface area contributed by atoms with Crippen LogP contribution in [-0.2, 0) is 0 Å². The van der Waals surface area contributed by atoms with Gasteiger partial charge in [-0.25, -0.2) is 0 Å². The molecule has 3 nitrogen and oxygen atoms in total. The van der Waals surface area contributed by atoms with Crippen molar-refractivity contribution < 1.29 is 4.79 Å². The molecule has 0 saturated heterocycles. The van der Waals surface area contributed by atoms with Crippen molar-refractivity contribution in [2.24, 2.45) is 5.92 Å². The summed E-state index contributed by atoms with van der Waals surface area (Å²) in [6.45, 7) is 3.75. The summed E-state index contributed by atoms with van der Waals surface area (Å²) in [7, 11) is 0. The summed E-state index contributed by atoms with van der Waals surface area (Å²) >= 11 is 0. The first-order valence-electron chi connectivity index (χ1n) is 5.78. The molecule has 86 valence electrons. The second-order valence-corrected chi connectivity index (χ2v) is 4.51. The van der Waals surface area contributed by atoms with Gasteiger partial charge in [0.1, 0.15) is 0 Å². The van der Waals surface area contributed by atoms with Gasteiger partial charge in [0.05, 0.1) is 0 Å². The molecule has 0 amide bonds. The summed E-state index contributed by atoms with van der Waals surface area (Å²) in [4.78, 5) is 11.3. The number of Topliss-reactive ketones (excluding diaryl/α,β-unsaturated/α-hetero) is 1. The first-order chi connectivity index (χ1) is 7.61. The number of nitrogens with one attached hydrogen (secondary N) is 1. The predicted molar refractivity (Wildman–Crippen MR) is 66.7 cm³/mol. The fourth-order valence-electron chi connectivity index (χ4n) is 2.04. The maximum atomic E-state index is 11.3. The number of nitrogen functional groups attached to an aromatic ring is 1. The fraction of sp³-hybridized carbons (Fsp3) is 0.462. The minimum absolute atomic E-state index is 0.0176. The lowest BCUT2D eigenvalue weighted by atomic mass is 10.1. The van der Waals surface area contributed by atoms with E-state index in [0.29, 0.717) is 17.3 Å². The molecule has 1 aromatic rings. The van der Waals surface area contributed by atoms with E-state index in [1.54, 1.807) is 13.0 Å². The van der Waals surface area contributed by atoms with Crippen LogP contribution in [0.5, 0.6) is 0 Å². The molecule has 1 saturated carbocycles. The third-order valence-electron chi connectivity index (χ3n) is 3.23. The van der Waals surface area contributed by atoms with E-state index in [4.69, 9.17) is 5.73 Å². The van der Waals surface area contributed by atoms with Gasteiger partial charge in [0.25, 0.3) is 0 Å². The standard InChI is InChI=1S/C13H18N2O/c1-3-9-6-13(9)15-10-4-5-12(14)11(7-10)8(2)16/h4-5,7,9,13,15H,3,6,14H2,1-2H3. The van der Waals surface area contributed by atoms with Gasteiger partial charge < -0.3 is 11.1 Å². The molecule has 2 atom stereocenters. The van der Waals surface area contributed by atoms with Crippen molar-refractivity contribution in [2.45, 2.75) is 32.7 Å². The number of benzene rings is 1. The lowest BCUT2D eigenvalue weighted by molar-refractivity contribution is 0.101. The Bertz CT molecular complexity index is 414. The van der Waals surface area contributed by atoms with Gasteiger partial charge in [-0.3, -0.25) is 4.79 Å². The van der Waals surface area contributed by atoms with Crippen LogP contribution in [0.1, 0.15) is 37.0 Å². The molecule has 3 N–H and O–H groups in total. The molecule has 0 aromatic heterocycles. The van der Waals surface area contributed by atoms with E-state index in [9.17, 15) is 4.79 Å². The number of ketones is 1. The van der Waals surface area contributed by atoms with E-state index < -0.39 is 0 Å². The van der Waals surface area contributed by atoms with E-state index >= 15 is 0 Å². The van der Waals surface area contributed by atoms with Crippen molar-refractivity contribution in [2.75, 3.05) is 11.1 Å². The second-order valence-electron chi connectivity index (χ2n) is 4.51. The molecule has 1 fully saturated rings. The number of carbonyl (C=O) groups is 1. The van der Waals surface area contributed by atoms with Crippen LogP contribution in [0.25, 0.3) is 0 Å². The minimum atomic E-state index is 0.0176. The average Bonchev–Trinajstić information content (AvgIpc) is 2.99. The van der Waals surface area contributed by atoms with Crippen molar-refractivity contribution in [3.63, 3.8) is 0 Å². The highest BCUT2D eigenvalue weighted by molar-refractivity contribution is 6.00. The van der Waals surface area contributed by atoms with Crippen LogP contribution in [-0.4, -0.2) is 11.8 Å². The molecular weight excluding hydrogens is 200 g/mol. The minimum Gasteiger partial charge on any atom is -0.398 e. The smallest absolute Gasteiger partial charge is 0.161 e. The summed E-state index contributed by atoms with van der Waals surface area (Å²) in [5.74, 6) is 0.808. The van der Waals surface area contributed by atoms with Gasteiger partial charge in [-0.2, -0.15) is 0 Å². The van der Waals surface area contributed by atoms with Crippen molar-refractivity contribution >= 4 is 17.2 Å². The molecule has 0 radical (unpaired) electrons. The van der Waals surface area contributed by atoms with Crippen molar-refractivity contribution in [3.05, 3.63) is 23.8 Å². The molecule has 1 aromatic carbocycles. The number of carbonyl (C=O) groups excluding carboxylic acids is 1. The van der Waals surface area contributed by atoms with Crippen molar-refractivity contribution in [1.82, 2.24) is 0 Å². The summed E-state index contributed by atoms with van der Waals surface area (Å²) in [5.41, 5.74) is 7.91. The van der Waals surface area contributed by atoms with Gasteiger partial charge in [0.15, 0.2) is 5.78 Å². The number of hydrogen-bond acceptors (Lipinski definition) is 3. The number of nitrogens with two attached hydrogens (primary N) is 1.